The highest BCUT2D eigenvalue weighted by Gasteiger charge is 2.17. The van der Waals surface area contributed by atoms with Gasteiger partial charge in [0.2, 0.25) is 5.91 Å². The minimum Gasteiger partial charge on any atom is -0.465 e. The predicted octanol–water partition coefficient (Wildman–Crippen LogP) is 2.72. The molecule has 2 aromatic rings. The Kier molecular flexibility index (Phi) is 5.84. The molecular weight excluding hydrogens is 329 g/mol. The van der Waals surface area contributed by atoms with Crippen LogP contribution in [0.1, 0.15) is 22.8 Å². The number of hydrogen-bond donors (Lipinski definition) is 1. The number of carbonyl (C=O) groups excluding carboxylic acids is 3. The SMILES string of the molecule is COC(=O)c1cc(NC(=O)Cc2ccccc2F)ccc1OC(C)=O. The lowest BCUT2D eigenvalue weighted by molar-refractivity contribution is -0.131. The van der Waals surface area contributed by atoms with Crippen molar-refractivity contribution in [1.29, 1.82) is 0 Å². The Bertz CT molecular complexity index is 819. The molecule has 6 nitrogen and oxygen atoms in total. The third-order valence-electron chi connectivity index (χ3n) is 3.23. The van der Waals surface area contributed by atoms with Gasteiger partial charge in [-0.1, -0.05) is 18.2 Å². The Hall–Kier alpha value is -3.22. The maximum absolute atomic E-state index is 13.6. The molecule has 0 aliphatic rings. The van der Waals surface area contributed by atoms with E-state index in [1.54, 1.807) is 6.07 Å². The van der Waals surface area contributed by atoms with Crippen molar-refractivity contribution in [2.75, 3.05) is 12.4 Å². The van der Waals surface area contributed by atoms with Gasteiger partial charge >= 0.3 is 11.9 Å². The van der Waals surface area contributed by atoms with Gasteiger partial charge in [-0.3, -0.25) is 9.59 Å². The van der Waals surface area contributed by atoms with E-state index in [-0.39, 0.29) is 29.0 Å². The van der Waals surface area contributed by atoms with Gasteiger partial charge < -0.3 is 14.8 Å². The quantitative estimate of drug-likeness (QED) is 0.666. The van der Waals surface area contributed by atoms with Gasteiger partial charge in [-0.2, -0.15) is 0 Å². The third-order valence-corrected chi connectivity index (χ3v) is 3.23. The molecule has 0 saturated carbocycles. The minimum atomic E-state index is -0.721. The van der Waals surface area contributed by atoms with Gasteiger partial charge in [0.15, 0.2) is 0 Å². The van der Waals surface area contributed by atoms with Crippen molar-refractivity contribution in [2.45, 2.75) is 13.3 Å². The van der Waals surface area contributed by atoms with Crippen LogP contribution in [-0.4, -0.2) is 25.0 Å². The summed E-state index contributed by atoms with van der Waals surface area (Å²) < 4.78 is 23.2. The number of nitrogens with one attached hydrogen (secondary N) is 1. The van der Waals surface area contributed by atoms with Gasteiger partial charge in [0, 0.05) is 12.6 Å². The molecule has 0 heterocycles. The van der Waals surface area contributed by atoms with Crippen molar-refractivity contribution in [1.82, 2.24) is 0 Å². The second-order valence-electron chi connectivity index (χ2n) is 5.11. The van der Waals surface area contributed by atoms with E-state index in [4.69, 9.17) is 4.74 Å². The molecule has 25 heavy (non-hydrogen) atoms. The van der Waals surface area contributed by atoms with Crippen LogP contribution in [0.4, 0.5) is 10.1 Å². The Morgan fingerprint density at radius 1 is 1.12 bits per heavy atom. The maximum atomic E-state index is 13.6. The lowest BCUT2D eigenvalue weighted by Gasteiger charge is -2.11. The van der Waals surface area contributed by atoms with Crippen LogP contribution in [0.5, 0.6) is 5.75 Å². The number of ether oxygens (including phenoxy) is 2. The minimum absolute atomic E-state index is 0.0126. The fourth-order valence-corrected chi connectivity index (χ4v) is 2.14. The smallest absolute Gasteiger partial charge is 0.341 e. The van der Waals surface area contributed by atoms with Crippen LogP contribution in [0.25, 0.3) is 0 Å². The number of esters is 2. The fourth-order valence-electron chi connectivity index (χ4n) is 2.14. The van der Waals surface area contributed by atoms with E-state index in [0.29, 0.717) is 0 Å². The topological polar surface area (TPSA) is 81.7 Å². The van der Waals surface area contributed by atoms with Crippen molar-refractivity contribution >= 4 is 23.5 Å². The summed E-state index contributed by atoms with van der Waals surface area (Å²) in [5, 5.41) is 2.56. The van der Waals surface area contributed by atoms with Crippen molar-refractivity contribution < 1.29 is 28.2 Å². The Labute approximate surface area is 143 Å². The summed E-state index contributed by atoms with van der Waals surface area (Å²) in [5.41, 5.74) is 0.531. The molecule has 2 rings (SSSR count). The zero-order valence-electron chi connectivity index (χ0n) is 13.7. The summed E-state index contributed by atoms with van der Waals surface area (Å²) in [6.45, 7) is 1.20. The molecule has 0 unspecified atom stereocenters. The molecule has 0 aliphatic carbocycles. The third kappa shape index (κ3) is 4.87. The lowest BCUT2D eigenvalue weighted by atomic mass is 10.1. The molecule has 0 radical (unpaired) electrons. The number of rotatable bonds is 5. The first kappa shape index (κ1) is 18.1. The zero-order valence-corrected chi connectivity index (χ0v) is 13.7. The zero-order chi connectivity index (χ0) is 18.4. The van der Waals surface area contributed by atoms with E-state index in [2.05, 4.69) is 10.1 Å². The molecule has 1 N–H and O–H groups in total. The Morgan fingerprint density at radius 2 is 1.84 bits per heavy atom. The van der Waals surface area contributed by atoms with Crippen molar-refractivity contribution in [3.05, 3.63) is 59.4 Å². The van der Waals surface area contributed by atoms with Crippen LogP contribution in [-0.2, 0) is 20.7 Å². The van der Waals surface area contributed by atoms with Gasteiger partial charge in [-0.25, -0.2) is 9.18 Å². The Balaban J connectivity index is 2.19. The first-order valence-electron chi connectivity index (χ1n) is 7.34. The normalized spacial score (nSPS) is 10.0. The van der Waals surface area contributed by atoms with Crippen LogP contribution >= 0.6 is 0 Å². The average molecular weight is 345 g/mol. The van der Waals surface area contributed by atoms with Crippen LogP contribution in [0.15, 0.2) is 42.5 Å². The largest absolute Gasteiger partial charge is 0.465 e. The molecule has 7 heteroatoms. The summed E-state index contributed by atoms with van der Waals surface area (Å²) in [6.07, 6.45) is -0.161. The average Bonchev–Trinajstić information content (AvgIpc) is 2.57. The first-order valence-corrected chi connectivity index (χ1v) is 7.34. The van der Waals surface area contributed by atoms with Crippen molar-refractivity contribution in [2.24, 2.45) is 0 Å². The van der Waals surface area contributed by atoms with Gasteiger partial charge in [-0.05, 0) is 29.8 Å². The molecule has 1 amide bonds. The van der Waals surface area contributed by atoms with E-state index in [1.165, 1.54) is 50.4 Å². The molecule has 0 saturated heterocycles. The van der Waals surface area contributed by atoms with Gasteiger partial charge in [0.25, 0.3) is 0 Å². The van der Waals surface area contributed by atoms with E-state index in [1.807, 2.05) is 0 Å². The number of anilines is 1. The van der Waals surface area contributed by atoms with E-state index in [0.717, 1.165) is 0 Å². The maximum Gasteiger partial charge on any atom is 0.341 e. The predicted molar refractivity (Wildman–Crippen MR) is 87.8 cm³/mol. The summed E-state index contributed by atoms with van der Waals surface area (Å²) >= 11 is 0. The molecule has 130 valence electrons. The van der Waals surface area contributed by atoms with Gasteiger partial charge in [0.05, 0.1) is 13.5 Å². The van der Waals surface area contributed by atoms with E-state index in [9.17, 15) is 18.8 Å². The van der Waals surface area contributed by atoms with Crippen LogP contribution in [0.2, 0.25) is 0 Å². The molecule has 0 atom stereocenters. The number of amides is 1. The van der Waals surface area contributed by atoms with Gasteiger partial charge in [0.1, 0.15) is 17.1 Å². The monoisotopic (exact) mass is 345 g/mol. The van der Waals surface area contributed by atoms with Crippen LogP contribution < -0.4 is 10.1 Å². The van der Waals surface area contributed by atoms with Crippen molar-refractivity contribution in [3.8, 4) is 5.75 Å². The standard InChI is InChI=1S/C18H16FNO5/c1-11(21)25-16-8-7-13(10-14(16)18(23)24-2)20-17(22)9-12-5-3-4-6-15(12)19/h3-8,10H,9H2,1-2H3,(H,20,22). The molecule has 0 aliphatic heterocycles. The van der Waals surface area contributed by atoms with E-state index >= 15 is 0 Å². The molecule has 2 aromatic carbocycles. The highest BCUT2D eigenvalue weighted by Crippen LogP contribution is 2.24. The number of hydrogen-bond acceptors (Lipinski definition) is 5. The second-order valence-corrected chi connectivity index (χ2v) is 5.11. The summed E-state index contributed by atoms with van der Waals surface area (Å²) in [4.78, 5) is 35.0. The van der Waals surface area contributed by atoms with Crippen molar-refractivity contribution in [3.63, 3.8) is 0 Å². The molecule has 0 bridgehead atoms. The second kappa shape index (κ2) is 8.05. The molecule has 0 aromatic heterocycles. The summed E-state index contributed by atoms with van der Waals surface area (Å²) in [6, 6.07) is 10.1. The highest BCUT2D eigenvalue weighted by molar-refractivity contribution is 5.97. The number of benzene rings is 2. The summed E-state index contributed by atoms with van der Waals surface area (Å²) in [7, 11) is 1.18. The first-order chi connectivity index (χ1) is 11.9. The number of halogens is 1. The summed E-state index contributed by atoms with van der Waals surface area (Å²) in [5.74, 6) is -2.23. The van der Waals surface area contributed by atoms with E-state index < -0.39 is 23.7 Å². The Morgan fingerprint density at radius 3 is 2.48 bits per heavy atom. The molecule has 0 fully saturated rings. The van der Waals surface area contributed by atoms with Crippen LogP contribution in [0.3, 0.4) is 0 Å². The lowest BCUT2D eigenvalue weighted by Crippen LogP contribution is -2.16. The number of methoxy groups -OCH3 is 1. The fraction of sp³-hybridized carbons (Fsp3) is 0.167. The highest BCUT2D eigenvalue weighted by atomic mass is 19.1. The number of carbonyl (C=O) groups is 3. The van der Waals surface area contributed by atoms with Gasteiger partial charge in [-0.15, -0.1) is 0 Å². The van der Waals surface area contributed by atoms with Crippen LogP contribution in [0, 0.1) is 5.82 Å². The molecule has 0 spiro atoms. The molecular formula is C18H16FNO5.